The number of benzene rings is 2. The number of rotatable bonds is 6. The summed E-state index contributed by atoms with van der Waals surface area (Å²) in [4.78, 5) is 21.5. The Morgan fingerprint density at radius 2 is 1.79 bits per heavy atom. The molecule has 3 aromatic rings. The van der Waals surface area contributed by atoms with Crippen LogP contribution in [0.15, 0.2) is 48.5 Å². The number of nitrogens with one attached hydrogen (secondary N) is 2. The number of amides is 1. The van der Waals surface area contributed by atoms with E-state index in [0.717, 1.165) is 28.9 Å². The van der Waals surface area contributed by atoms with Gasteiger partial charge in [-0.05, 0) is 49.9 Å². The molecule has 144 valence electrons. The summed E-state index contributed by atoms with van der Waals surface area (Å²) in [7, 11) is 0. The van der Waals surface area contributed by atoms with Crippen LogP contribution >= 0.6 is 0 Å². The number of aromatic nitrogens is 2. The molecule has 1 amide bonds. The standard InChI is InChI=1S/C23H26N4O/c1-5-19-11-7-9-16(3)21(19)27-23-25-17(4)13-20(26-23)22(28)24-14-18-10-6-8-15(2)12-18/h6-13H,5,14H2,1-4H3,(H,24,28)(H,25,26,27). The number of para-hydroxylation sites is 1. The van der Waals surface area contributed by atoms with Gasteiger partial charge in [-0.15, -0.1) is 0 Å². The highest BCUT2D eigenvalue weighted by Crippen LogP contribution is 2.24. The van der Waals surface area contributed by atoms with Gasteiger partial charge in [-0.2, -0.15) is 0 Å². The Kier molecular flexibility index (Phi) is 6.04. The highest BCUT2D eigenvalue weighted by molar-refractivity contribution is 5.92. The normalized spacial score (nSPS) is 10.6. The highest BCUT2D eigenvalue weighted by Gasteiger charge is 2.12. The first kappa shape index (κ1) is 19.5. The second-order valence-corrected chi connectivity index (χ2v) is 6.98. The Labute approximate surface area is 166 Å². The topological polar surface area (TPSA) is 66.9 Å². The first-order chi connectivity index (χ1) is 13.5. The number of carbonyl (C=O) groups is 1. The molecule has 0 spiro atoms. The molecule has 5 heteroatoms. The van der Waals surface area contributed by atoms with Crippen molar-refractivity contribution in [2.24, 2.45) is 0 Å². The van der Waals surface area contributed by atoms with Crippen molar-refractivity contribution < 1.29 is 4.79 Å². The van der Waals surface area contributed by atoms with Gasteiger partial charge in [0, 0.05) is 17.9 Å². The fraction of sp³-hybridized carbons (Fsp3) is 0.261. The molecule has 0 saturated heterocycles. The maximum absolute atomic E-state index is 12.6. The molecule has 2 aromatic carbocycles. The van der Waals surface area contributed by atoms with E-state index in [2.05, 4.69) is 39.7 Å². The Morgan fingerprint density at radius 3 is 2.54 bits per heavy atom. The molecular weight excluding hydrogens is 348 g/mol. The van der Waals surface area contributed by atoms with E-state index in [4.69, 9.17) is 0 Å². The van der Waals surface area contributed by atoms with Gasteiger partial charge in [0.15, 0.2) is 0 Å². The van der Waals surface area contributed by atoms with Crippen LogP contribution in [0.2, 0.25) is 0 Å². The third kappa shape index (κ3) is 4.74. The van der Waals surface area contributed by atoms with Crippen LogP contribution < -0.4 is 10.6 Å². The molecule has 5 nitrogen and oxygen atoms in total. The summed E-state index contributed by atoms with van der Waals surface area (Å²) in [5.41, 5.74) is 6.64. The molecule has 0 aliphatic rings. The van der Waals surface area contributed by atoms with Crippen molar-refractivity contribution in [1.29, 1.82) is 0 Å². The smallest absolute Gasteiger partial charge is 0.270 e. The summed E-state index contributed by atoms with van der Waals surface area (Å²) in [6, 6.07) is 16.0. The first-order valence-corrected chi connectivity index (χ1v) is 9.51. The van der Waals surface area contributed by atoms with E-state index in [-0.39, 0.29) is 5.91 Å². The minimum Gasteiger partial charge on any atom is -0.347 e. The summed E-state index contributed by atoms with van der Waals surface area (Å²) in [6.07, 6.45) is 0.902. The van der Waals surface area contributed by atoms with Crippen LogP contribution in [-0.4, -0.2) is 15.9 Å². The lowest BCUT2D eigenvalue weighted by Gasteiger charge is -2.14. The molecule has 28 heavy (non-hydrogen) atoms. The van der Waals surface area contributed by atoms with Crippen molar-refractivity contribution in [2.45, 2.75) is 40.7 Å². The third-order valence-corrected chi connectivity index (χ3v) is 4.60. The molecule has 0 aliphatic heterocycles. The van der Waals surface area contributed by atoms with E-state index >= 15 is 0 Å². The molecular formula is C23H26N4O. The van der Waals surface area contributed by atoms with E-state index in [1.165, 1.54) is 11.1 Å². The van der Waals surface area contributed by atoms with Crippen LogP contribution in [0, 0.1) is 20.8 Å². The Hall–Kier alpha value is -3.21. The average Bonchev–Trinajstić information content (AvgIpc) is 2.67. The number of anilines is 2. The summed E-state index contributed by atoms with van der Waals surface area (Å²) in [5, 5.41) is 6.24. The van der Waals surface area contributed by atoms with Crippen molar-refractivity contribution in [2.75, 3.05) is 5.32 Å². The fourth-order valence-corrected chi connectivity index (χ4v) is 3.15. The molecule has 0 atom stereocenters. The molecule has 0 radical (unpaired) electrons. The maximum Gasteiger partial charge on any atom is 0.270 e. The average molecular weight is 374 g/mol. The molecule has 0 bridgehead atoms. The SMILES string of the molecule is CCc1cccc(C)c1Nc1nc(C)cc(C(=O)NCc2cccc(C)c2)n1. The number of hydrogen-bond donors (Lipinski definition) is 2. The van der Waals surface area contributed by atoms with E-state index < -0.39 is 0 Å². The van der Waals surface area contributed by atoms with Crippen molar-refractivity contribution >= 4 is 17.5 Å². The summed E-state index contributed by atoms with van der Waals surface area (Å²) >= 11 is 0. The van der Waals surface area contributed by atoms with Crippen molar-refractivity contribution in [1.82, 2.24) is 15.3 Å². The minimum atomic E-state index is -0.212. The van der Waals surface area contributed by atoms with Gasteiger partial charge in [0.1, 0.15) is 5.69 Å². The Bertz CT molecular complexity index is 998. The van der Waals surface area contributed by atoms with Gasteiger partial charge < -0.3 is 10.6 Å². The lowest BCUT2D eigenvalue weighted by atomic mass is 10.1. The predicted molar refractivity (Wildman–Crippen MR) is 113 cm³/mol. The van der Waals surface area contributed by atoms with Crippen LogP contribution in [-0.2, 0) is 13.0 Å². The Balaban J connectivity index is 1.79. The van der Waals surface area contributed by atoms with Crippen LogP contribution in [0.3, 0.4) is 0 Å². The second-order valence-electron chi connectivity index (χ2n) is 6.98. The number of hydrogen-bond acceptors (Lipinski definition) is 4. The first-order valence-electron chi connectivity index (χ1n) is 9.51. The molecule has 1 heterocycles. The molecule has 0 fully saturated rings. The number of carbonyl (C=O) groups excluding carboxylic acids is 1. The van der Waals surface area contributed by atoms with E-state index in [1.807, 2.05) is 51.1 Å². The van der Waals surface area contributed by atoms with Gasteiger partial charge in [-0.25, -0.2) is 9.97 Å². The van der Waals surface area contributed by atoms with Gasteiger partial charge in [-0.1, -0.05) is 55.0 Å². The van der Waals surface area contributed by atoms with E-state index in [0.29, 0.717) is 18.2 Å². The van der Waals surface area contributed by atoms with Crippen LogP contribution in [0.4, 0.5) is 11.6 Å². The summed E-state index contributed by atoms with van der Waals surface area (Å²) in [6.45, 7) is 8.52. The van der Waals surface area contributed by atoms with Gasteiger partial charge in [0.05, 0.1) is 0 Å². The van der Waals surface area contributed by atoms with Gasteiger partial charge >= 0.3 is 0 Å². The third-order valence-electron chi connectivity index (χ3n) is 4.60. The maximum atomic E-state index is 12.6. The second kappa shape index (κ2) is 8.65. The summed E-state index contributed by atoms with van der Waals surface area (Å²) in [5.74, 6) is 0.222. The largest absolute Gasteiger partial charge is 0.347 e. The number of nitrogens with zero attached hydrogens (tertiary/aromatic N) is 2. The fourth-order valence-electron chi connectivity index (χ4n) is 3.15. The van der Waals surface area contributed by atoms with Crippen molar-refractivity contribution in [3.63, 3.8) is 0 Å². The molecule has 0 saturated carbocycles. The van der Waals surface area contributed by atoms with Gasteiger partial charge in [-0.3, -0.25) is 4.79 Å². The molecule has 3 rings (SSSR count). The monoisotopic (exact) mass is 374 g/mol. The molecule has 0 aliphatic carbocycles. The number of aryl methyl sites for hydroxylation is 4. The van der Waals surface area contributed by atoms with Crippen molar-refractivity contribution in [3.8, 4) is 0 Å². The summed E-state index contributed by atoms with van der Waals surface area (Å²) < 4.78 is 0. The van der Waals surface area contributed by atoms with E-state index in [1.54, 1.807) is 6.07 Å². The quantitative estimate of drug-likeness (QED) is 0.660. The van der Waals surface area contributed by atoms with Crippen LogP contribution in [0.5, 0.6) is 0 Å². The molecule has 0 unspecified atom stereocenters. The lowest BCUT2D eigenvalue weighted by Crippen LogP contribution is -2.24. The van der Waals surface area contributed by atoms with Crippen molar-refractivity contribution in [3.05, 3.63) is 82.2 Å². The zero-order valence-corrected chi connectivity index (χ0v) is 16.8. The zero-order chi connectivity index (χ0) is 20.1. The predicted octanol–water partition coefficient (Wildman–Crippen LogP) is 4.64. The van der Waals surface area contributed by atoms with Crippen LogP contribution in [0.25, 0.3) is 0 Å². The highest BCUT2D eigenvalue weighted by atomic mass is 16.1. The van der Waals surface area contributed by atoms with Crippen LogP contribution in [0.1, 0.15) is 45.4 Å². The van der Waals surface area contributed by atoms with Gasteiger partial charge in [0.25, 0.3) is 5.91 Å². The minimum absolute atomic E-state index is 0.212. The van der Waals surface area contributed by atoms with Gasteiger partial charge in [0.2, 0.25) is 5.95 Å². The zero-order valence-electron chi connectivity index (χ0n) is 16.8. The van der Waals surface area contributed by atoms with E-state index in [9.17, 15) is 4.79 Å². The molecule has 2 N–H and O–H groups in total. The molecule has 1 aromatic heterocycles. The Morgan fingerprint density at radius 1 is 1.00 bits per heavy atom. The lowest BCUT2D eigenvalue weighted by molar-refractivity contribution is 0.0945.